The molecule has 0 bridgehead atoms. The van der Waals surface area contributed by atoms with Crippen LogP contribution in [0.25, 0.3) is 11.3 Å². The number of thiazole rings is 1. The predicted molar refractivity (Wildman–Crippen MR) is 91.2 cm³/mol. The Kier molecular flexibility index (Phi) is 4.18. The molecule has 0 saturated heterocycles. The summed E-state index contributed by atoms with van der Waals surface area (Å²) in [7, 11) is 0. The van der Waals surface area contributed by atoms with E-state index >= 15 is 0 Å². The largest absolute Gasteiger partial charge is 0.298 e. The highest BCUT2D eigenvalue weighted by atomic mass is 32.1. The summed E-state index contributed by atoms with van der Waals surface area (Å²) in [5.41, 5.74) is 2.48. The SMILES string of the molecule is Cc1ccc(-c2csc(NC(=O)c3ccsc3)n2)cc1[N+](=O)[O-]. The molecule has 0 fully saturated rings. The predicted octanol–water partition coefficient (Wildman–Crippen LogP) is 4.34. The molecule has 2 heterocycles. The standard InChI is InChI=1S/C15H11N3O3S2/c1-9-2-3-10(6-13(9)18(20)21)12-8-23-15(16-12)17-14(19)11-4-5-22-7-11/h2-8H,1H3,(H,16,17,19). The summed E-state index contributed by atoms with van der Waals surface area (Å²) >= 11 is 2.72. The van der Waals surface area contributed by atoms with E-state index < -0.39 is 4.92 Å². The minimum absolute atomic E-state index is 0.0550. The fourth-order valence-corrected chi connectivity index (χ4v) is 3.34. The third-order valence-electron chi connectivity index (χ3n) is 3.21. The minimum Gasteiger partial charge on any atom is -0.298 e. The van der Waals surface area contributed by atoms with Crippen LogP contribution in [0.15, 0.2) is 40.4 Å². The van der Waals surface area contributed by atoms with Crippen LogP contribution in [-0.4, -0.2) is 15.8 Å². The summed E-state index contributed by atoms with van der Waals surface area (Å²) in [5, 5.41) is 19.5. The van der Waals surface area contributed by atoms with Crippen LogP contribution in [-0.2, 0) is 0 Å². The van der Waals surface area contributed by atoms with Crippen molar-refractivity contribution >= 4 is 39.4 Å². The number of anilines is 1. The molecule has 0 aliphatic rings. The number of nitro benzene ring substituents is 1. The summed E-state index contributed by atoms with van der Waals surface area (Å²) < 4.78 is 0. The lowest BCUT2D eigenvalue weighted by Gasteiger charge is -2.01. The van der Waals surface area contributed by atoms with Gasteiger partial charge < -0.3 is 0 Å². The molecule has 23 heavy (non-hydrogen) atoms. The van der Waals surface area contributed by atoms with E-state index in [4.69, 9.17) is 0 Å². The second-order valence-corrected chi connectivity index (χ2v) is 6.40. The van der Waals surface area contributed by atoms with Gasteiger partial charge >= 0.3 is 0 Å². The monoisotopic (exact) mass is 345 g/mol. The average molecular weight is 345 g/mol. The van der Waals surface area contributed by atoms with Gasteiger partial charge in [0.05, 0.1) is 16.2 Å². The number of nitrogens with zero attached hydrogens (tertiary/aromatic N) is 2. The fourth-order valence-electron chi connectivity index (χ4n) is 1.99. The number of nitro groups is 1. The van der Waals surface area contributed by atoms with E-state index in [1.54, 1.807) is 35.9 Å². The molecule has 3 rings (SSSR count). The van der Waals surface area contributed by atoms with Gasteiger partial charge in [-0.25, -0.2) is 4.98 Å². The van der Waals surface area contributed by atoms with Gasteiger partial charge in [-0.05, 0) is 18.4 Å². The second kappa shape index (κ2) is 6.27. The van der Waals surface area contributed by atoms with Crippen LogP contribution in [0.1, 0.15) is 15.9 Å². The highest BCUT2D eigenvalue weighted by molar-refractivity contribution is 7.14. The molecule has 0 atom stereocenters. The molecule has 3 aromatic rings. The Balaban J connectivity index is 1.83. The van der Waals surface area contributed by atoms with Gasteiger partial charge in [-0.15, -0.1) is 11.3 Å². The van der Waals surface area contributed by atoms with E-state index in [9.17, 15) is 14.9 Å². The number of hydrogen-bond acceptors (Lipinski definition) is 6. The van der Waals surface area contributed by atoms with E-state index in [-0.39, 0.29) is 11.6 Å². The van der Waals surface area contributed by atoms with E-state index in [0.717, 1.165) is 0 Å². The minimum atomic E-state index is -0.412. The van der Waals surface area contributed by atoms with Gasteiger partial charge in [-0.2, -0.15) is 11.3 Å². The van der Waals surface area contributed by atoms with Gasteiger partial charge in [-0.1, -0.05) is 12.1 Å². The van der Waals surface area contributed by atoms with Gasteiger partial charge in [0.25, 0.3) is 11.6 Å². The number of aryl methyl sites for hydroxylation is 1. The fraction of sp³-hybridized carbons (Fsp3) is 0.0667. The van der Waals surface area contributed by atoms with E-state index in [0.29, 0.717) is 27.5 Å². The van der Waals surface area contributed by atoms with Crippen LogP contribution in [0, 0.1) is 17.0 Å². The first-order valence-corrected chi connectivity index (χ1v) is 8.41. The average Bonchev–Trinajstić information content (AvgIpc) is 3.18. The van der Waals surface area contributed by atoms with Gasteiger partial charge in [0.15, 0.2) is 5.13 Å². The Morgan fingerprint density at radius 2 is 2.13 bits per heavy atom. The molecular weight excluding hydrogens is 334 g/mol. The van der Waals surface area contributed by atoms with Crippen LogP contribution in [0.2, 0.25) is 0 Å². The first-order chi connectivity index (χ1) is 11.0. The number of amides is 1. The highest BCUT2D eigenvalue weighted by Gasteiger charge is 2.14. The van der Waals surface area contributed by atoms with Crippen LogP contribution in [0.3, 0.4) is 0 Å². The number of benzene rings is 1. The molecule has 116 valence electrons. The molecule has 0 spiro atoms. The zero-order chi connectivity index (χ0) is 16.4. The van der Waals surface area contributed by atoms with Crippen molar-refractivity contribution in [2.24, 2.45) is 0 Å². The molecule has 0 unspecified atom stereocenters. The second-order valence-electron chi connectivity index (χ2n) is 4.76. The third kappa shape index (κ3) is 3.27. The Hall–Kier alpha value is -2.58. The Morgan fingerprint density at radius 3 is 2.83 bits per heavy atom. The number of hydrogen-bond donors (Lipinski definition) is 1. The summed E-state index contributed by atoms with van der Waals surface area (Å²) in [6.07, 6.45) is 0. The number of carbonyl (C=O) groups is 1. The molecule has 0 radical (unpaired) electrons. The lowest BCUT2D eigenvalue weighted by Crippen LogP contribution is -2.10. The highest BCUT2D eigenvalue weighted by Crippen LogP contribution is 2.29. The summed E-state index contributed by atoms with van der Waals surface area (Å²) in [6, 6.07) is 6.70. The molecule has 1 aromatic carbocycles. The normalized spacial score (nSPS) is 10.5. The van der Waals surface area contributed by atoms with Crippen molar-refractivity contribution in [2.75, 3.05) is 5.32 Å². The van der Waals surface area contributed by atoms with Gasteiger partial charge in [0.1, 0.15) is 0 Å². The molecule has 0 saturated carbocycles. The number of thiophene rings is 1. The van der Waals surface area contributed by atoms with Crippen molar-refractivity contribution in [3.05, 3.63) is 61.6 Å². The van der Waals surface area contributed by atoms with Crippen LogP contribution >= 0.6 is 22.7 Å². The lowest BCUT2D eigenvalue weighted by molar-refractivity contribution is -0.385. The summed E-state index contributed by atoms with van der Waals surface area (Å²) in [6.45, 7) is 1.69. The van der Waals surface area contributed by atoms with Crippen molar-refractivity contribution in [1.29, 1.82) is 0 Å². The lowest BCUT2D eigenvalue weighted by atomic mass is 10.1. The zero-order valence-electron chi connectivity index (χ0n) is 12.0. The molecule has 0 aliphatic heterocycles. The molecular formula is C15H11N3O3S2. The van der Waals surface area contributed by atoms with Crippen molar-refractivity contribution in [2.45, 2.75) is 6.92 Å². The van der Waals surface area contributed by atoms with Crippen LogP contribution in [0.5, 0.6) is 0 Å². The van der Waals surface area contributed by atoms with Gasteiger partial charge in [0, 0.05) is 28.0 Å². The number of aromatic nitrogens is 1. The summed E-state index contributed by atoms with van der Waals surface area (Å²) in [4.78, 5) is 26.9. The first-order valence-electron chi connectivity index (χ1n) is 6.59. The van der Waals surface area contributed by atoms with E-state index in [2.05, 4.69) is 10.3 Å². The Labute approximate surface area is 139 Å². The molecule has 1 N–H and O–H groups in total. The maximum absolute atomic E-state index is 12.0. The molecule has 1 amide bonds. The Bertz CT molecular complexity index is 872. The van der Waals surface area contributed by atoms with Crippen molar-refractivity contribution in [3.63, 3.8) is 0 Å². The molecule has 2 aromatic heterocycles. The van der Waals surface area contributed by atoms with Crippen molar-refractivity contribution < 1.29 is 9.72 Å². The van der Waals surface area contributed by atoms with Crippen LogP contribution in [0.4, 0.5) is 10.8 Å². The van der Waals surface area contributed by atoms with E-state index in [1.165, 1.54) is 28.7 Å². The number of nitrogens with one attached hydrogen (secondary N) is 1. The third-order valence-corrected chi connectivity index (χ3v) is 4.65. The van der Waals surface area contributed by atoms with E-state index in [1.807, 2.05) is 5.38 Å². The van der Waals surface area contributed by atoms with Gasteiger partial charge in [-0.3, -0.25) is 20.2 Å². The summed E-state index contributed by atoms with van der Waals surface area (Å²) in [5.74, 6) is -0.220. The molecule has 8 heteroatoms. The number of carbonyl (C=O) groups excluding carboxylic acids is 1. The maximum atomic E-state index is 12.0. The smallest absolute Gasteiger partial charge is 0.272 e. The van der Waals surface area contributed by atoms with Crippen molar-refractivity contribution in [3.8, 4) is 11.3 Å². The maximum Gasteiger partial charge on any atom is 0.272 e. The molecule has 0 aliphatic carbocycles. The van der Waals surface area contributed by atoms with Crippen LogP contribution < -0.4 is 5.32 Å². The Morgan fingerprint density at radius 1 is 1.30 bits per heavy atom. The zero-order valence-corrected chi connectivity index (χ0v) is 13.6. The van der Waals surface area contributed by atoms with Crippen molar-refractivity contribution in [1.82, 2.24) is 4.98 Å². The quantitative estimate of drug-likeness (QED) is 0.563. The topological polar surface area (TPSA) is 85.1 Å². The first kappa shape index (κ1) is 15.3. The molecule has 6 nitrogen and oxygen atoms in total. The number of rotatable bonds is 4. The van der Waals surface area contributed by atoms with Gasteiger partial charge in [0.2, 0.25) is 0 Å².